The summed E-state index contributed by atoms with van der Waals surface area (Å²) in [7, 11) is 0. The lowest BCUT2D eigenvalue weighted by atomic mass is 10.2. The van der Waals surface area contributed by atoms with Crippen molar-refractivity contribution in [2.45, 2.75) is 46.1 Å². The van der Waals surface area contributed by atoms with E-state index in [9.17, 15) is 4.79 Å². The molecular formula is C14H24ClN5O. The van der Waals surface area contributed by atoms with Gasteiger partial charge in [0.15, 0.2) is 0 Å². The van der Waals surface area contributed by atoms with Crippen LogP contribution in [0.3, 0.4) is 0 Å². The number of carbonyl (C=O) groups is 1. The van der Waals surface area contributed by atoms with Crippen LogP contribution in [-0.2, 0) is 4.79 Å². The Morgan fingerprint density at radius 3 is 2.76 bits per heavy atom. The molecule has 1 amide bonds. The van der Waals surface area contributed by atoms with E-state index < -0.39 is 0 Å². The molecule has 21 heavy (non-hydrogen) atoms. The molecule has 3 N–H and O–H groups in total. The molecule has 1 unspecified atom stereocenters. The lowest BCUT2D eigenvalue weighted by molar-refractivity contribution is -0.121. The second kappa shape index (κ2) is 9.39. The first-order valence-corrected chi connectivity index (χ1v) is 7.74. The van der Waals surface area contributed by atoms with Crippen LogP contribution in [0.15, 0.2) is 6.20 Å². The van der Waals surface area contributed by atoms with E-state index in [0.29, 0.717) is 29.8 Å². The number of nitrogens with zero attached hydrogens (tertiary/aromatic N) is 2. The zero-order valence-electron chi connectivity index (χ0n) is 12.9. The predicted molar refractivity (Wildman–Crippen MR) is 86.8 cm³/mol. The number of carbonyl (C=O) groups excluding carboxylic acids is 1. The molecule has 1 atom stereocenters. The number of nitrogens with one attached hydrogen (secondary N) is 3. The van der Waals surface area contributed by atoms with Crippen molar-refractivity contribution >= 4 is 29.3 Å². The first kappa shape index (κ1) is 17.5. The molecule has 1 aromatic heterocycles. The highest BCUT2D eigenvalue weighted by Gasteiger charge is 2.08. The van der Waals surface area contributed by atoms with Gasteiger partial charge in [0.1, 0.15) is 10.8 Å². The maximum atomic E-state index is 11.7. The van der Waals surface area contributed by atoms with Gasteiger partial charge in [-0.3, -0.25) is 4.79 Å². The van der Waals surface area contributed by atoms with Crippen molar-refractivity contribution in [2.24, 2.45) is 0 Å². The van der Waals surface area contributed by atoms with Crippen LogP contribution in [0.1, 0.15) is 40.0 Å². The van der Waals surface area contributed by atoms with Crippen molar-refractivity contribution in [3.63, 3.8) is 0 Å². The fourth-order valence-electron chi connectivity index (χ4n) is 1.56. The summed E-state index contributed by atoms with van der Waals surface area (Å²) >= 11 is 6.04. The van der Waals surface area contributed by atoms with Crippen molar-refractivity contribution in [1.29, 1.82) is 0 Å². The topological polar surface area (TPSA) is 78.9 Å². The fourth-order valence-corrected chi connectivity index (χ4v) is 1.71. The van der Waals surface area contributed by atoms with Crippen molar-refractivity contribution in [2.75, 3.05) is 23.7 Å². The van der Waals surface area contributed by atoms with Gasteiger partial charge in [0.2, 0.25) is 11.9 Å². The summed E-state index contributed by atoms with van der Waals surface area (Å²) in [5, 5.41) is 9.52. The van der Waals surface area contributed by atoms with E-state index in [-0.39, 0.29) is 11.9 Å². The summed E-state index contributed by atoms with van der Waals surface area (Å²) in [6.45, 7) is 7.37. The molecule has 0 bridgehead atoms. The maximum Gasteiger partial charge on any atom is 0.224 e. The third kappa shape index (κ3) is 6.62. The summed E-state index contributed by atoms with van der Waals surface area (Å²) in [4.78, 5) is 20.0. The van der Waals surface area contributed by atoms with Crippen molar-refractivity contribution in [3.8, 4) is 0 Å². The molecule has 0 fully saturated rings. The third-order valence-electron chi connectivity index (χ3n) is 2.94. The van der Waals surface area contributed by atoms with Crippen LogP contribution in [0, 0.1) is 0 Å². The Labute approximate surface area is 131 Å². The van der Waals surface area contributed by atoms with Crippen LogP contribution in [0.2, 0.25) is 5.02 Å². The van der Waals surface area contributed by atoms with E-state index in [0.717, 1.165) is 19.4 Å². The smallest absolute Gasteiger partial charge is 0.224 e. The third-order valence-corrected chi connectivity index (χ3v) is 3.22. The molecule has 118 valence electrons. The molecule has 7 heteroatoms. The number of halogens is 1. The lowest BCUT2D eigenvalue weighted by Gasteiger charge is -2.12. The summed E-state index contributed by atoms with van der Waals surface area (Å²) in [6, 6.07) is 0.199. The average Bonchev–Trinajstić information content (AvgIpc) is 2.47. The number of hydrogen-bond acceptors (Lipinski definition) is 5. The number of hydrogen-bond donors (Lipinski definition) is 3. The molecule has 0 saturated heterocycles. The second-order valence-electron chi connectivity index (χ2n) is 4.87. The molecule has 0 aromatic carbocycles. The second-order valence-corrected chi connectivity index (χ2v) is 5.28. The first-order chi connectivity index (χ1) is 10.1. The summed E-state index contributed by atoms with van der Waals surface area (Å²) in [5.74, 6) is 1.10. The van der Waals surface area contributed by atoms with E-state index >= 15 is 0 Å². The van der Waals surface area contributed by atoms with Gasteiger partial charge in [-0.1, -0.05) is 25.4 Å². The van der Waals surface area contributed by atoms with E-state index in [1.54, 1.807) is 6.20 Å². The highest BCUT2D eigenvalue weighted by molar-refractivity contribution is 6.32. The molecule has 6 nitrogen and oxygen atoms in total. The highest BCUT2D eigenvalue weighted by atomic mass is 35.5. The normalized spacial score (nSPS) is 11.8. The monoisotopic (exact) mass is 313 g/mol. The van der Waals surface area contributed by atoms with Crippen molar-refractivity contribution in [3.05, 3.63) is 11.2 Å². The Hall–Kier alpha value is -1.56. The number of anilines is 2. The Bertz CT molecular complexity index is 455. The molecule has 1 aromatic rings. The summed E-state index contributed by atoms with van der Waals surface area (Å²) < 4.78 is 0. The Morgan fingerprint density at radius 2 is 2.10 bits per heavy atom. The van der Waals surface area contributed by atoms with E-state index in [2.05, 4.69) is 32.8 Å². The summed E-state index contributed by atoms with van der Waals surface area (Å²) in [5.41, 5.74) is 0. The molecule has 0 aliphatic rings. The average molecular weight is 314 g/mol. The minimum atomic E-state index is 0.0198. The van der Waals surface area contributed by atoms with Gasteiger partial charge >= 0.3 is 0 Å². The standard InChI is InChI=1S/C14H24ClN5O/c1-4-7-17-14-18-9-11(15)13(20-14)16-8-6-12(21)19-10(3)5-2/h9-10H,4-8H2,1-3H3,(H,19,21)(H2,16,17,18,20). The largest absolute Gasteiger partial charge is 0.368 e. The molecular weight excluding hydrogens is 290 g/mol. The Morgan fingerprint density at radius 1 is 1.33 bits per heavy atom. The van der Waals surface area contributed by atoms with Gasteiger partial charge in [-0.05, 0) is 19.8 Å². The van der Waals surface area contributed by atoms with E-state index in [1.807, 2.05) is 13.8 Å². The number of aromatic nitrogens is 2. The minimum Gasteiger partial charge on any atom is -0.368 e. The van der Waals surface area contributed by atoms with Gasteiger partial charge in [0.25, 0.3) is 0 Å². The van der Waals surface area contributed by atoms with Crippen LogP contribution in [0.5, 0.6) is 0 Å². The van der Waals surface area contributed by atoms with E-state index in [4.69, 9.17) is 11.6 Å². The van der Waals surface area contributed by atoms with Crippen LogP contribution in [-0.4, -0.2) is 35.0 Å². The SMILES string of the molecule is CCCNc1ncc(Cl)c(NCCC(=O)NC(C)CC)n1. The Balaban J connectivity index is 2.45. The van der Waals surface area contributed by atoms with Crippen LogP contribution < -0.4 is 16.0 Å². The first-order valence-electron chi connectivity index (χ1n) is 7.36. The van der Waals surface area contributed by atoms with Gasteiger partial charge in [0.05, 0.1) is 6.20 Å². The van der Waals surface area contributed by atoms with Gasteiger partial charge in [-0.25, -0.2) is 4.98 Å². The minimum absolute atomic E-state index is 0.0198. The predicted octanol–water partition coefficient (Wildman–Crippen LogP) is 2.67. The van der Waals surface area contributed by atoms with Gasteiger partial charge in [-0.2, -0.15) is 4.98 Å². The molecule has 1 rings (SSSR count). The molecule has 0 spiro atoms. The fraction of sp³-hybridized carbons (Fsp3) is 0.643. The van der Waals surface area contributed by atoms with Crippen LogP contribution >= 0.6 is 11.6 Å². The van der Waals surface area contributed by atoms with Gasteiger partial charge in [-0.15, -0.1) is 0 Å². The maximum absolute atomic E-state index is 11.7. The molecule has 0 radical (unpaired) electrons. The zero-order valence-corrected chi connectivity index (χ0v) is 13.6. The number of amides is 1. The van der Waals surface area contributed by atoms with Gasteiger partial charge < -0.3 is 16.0 Å². The van der Waals surface area contributed by atoms with Crippen LogP contribution in [0.4, 0.5) is 11.8 Å². The van der Waals surface area contributed by atoms with Crippen molar-refractivity contribution < 1.29 is 4.79 Å². The number of rotatable bonds is 9. The zero-order chi connectivity index (χ0) is 15.7. The molecule has 0 aliphatic carbocycles. The molecule has 0 saturated carbocycles. The van der Waals surface area contributed by atoms with Gasteiger partial charge in [0, 0.05) is 25.6 Å². The summed E-state index contributed by atoms with van der Waals surface area (Å²) in [6.07, 6.45) is 3.84. The molecule has 0 aliphatic heterocycles. The van der Waals surface area contributed by atoms with E-state index in [1.165, 1.54) is 0 Å². The van der Waals surface area contributed by atoms with Crippen molar-refractivity contribution in [1.82, 2.24) is 15.3 Å². The molecule has 1 heterocycles. The lowest BCUT2D eigenvalue weighted by Crippen LogP contribution is -2.33. The Kier molecular flexibility index (Phi) is 7.82. The quantitative estimate of drug-likeness (QED) is 0.653. The highest BCUT2D eigenvalue weighted by Crippen LogP contribution is 2.19. The van der Waals surface area contributed by atoms with Crippen LogP contribution in [0.25, 0.3) is 0 Å².